The van der Waals surface area contributed by atoms with Gasteiger partial charge in [0.05, 0.1) is 6.04 Å². The molecule has 0 fully saturated rings. The molecule has 2 aromatic rings. The third-order valence-electron chi connectivity index (χ3n) is 4.50. The standard InChI is InChI=1S/C20H23NO3/c1-2-20(22)21(23)19-10-6-9-16-13-17(11-12-18(16)19)24-14-15-7-4-3-5-8-15/h3-5,7-8,11-13,19,23H,2,6,9-10,14H2,1H3. The summed E-state index contributed by atoms with van der Waals surface area (Å²) in [5.74, 6) is 0.585. The first-order valence-corrected chi connectivity index (χ1v) is 8.49. The van der Waals surface area contributed by atoms with E-state index < -0.39 is 0 Å². The van der Waals surface area contributed by atoms with Gasteiger partial charge in [0.1, 0.15) is 12.4 Å². The number of carbonyl (C=O) groups excluding carboxylic acids is 1. The van der Waals surface area contributed by atoms with Gasteiger partial charge in [-0.05, 0) is 48.1 Å². The summed E-state index contributed by atoms with van der Waals surface area (Å²) in [7, 11) is 0. The third kappa shape index (κ3) is 3.60. The minimum atomic E-state index is -0.246. The molecule has 1 unspecified atom stereocenters. The zero-order valence-electron chi connectivity index (χ0n) is 13.9. The van der Waals surface area contributed by atoms with Crippen LogP contribution in [-0.2, 0) is 17.8 Å². The highest BCUT2D eigenvalue weighted by atomic mass is 16.5. The summed E-state index contributed by atoms with van der Waals surface area (Å²) >= 11 is 0. The van der Waals surface area contributed by atoms with Crippen LogP contribution in [0.1, 0.15) is 48.9 Å². The molecule has 1 amide bonds. The van der Waals surface area contributed by atoms with Gasteiger partial charge in [0.15, 0.2) is 0 Å². The topological polar surface area (TPSA) is 49.8 Å². The number of fused-ring (bicyclic) bond motifs is 1. The van der Waals surface area contributed by atoms with Gasteiger partial charge in [-0.1, -0.05) is 43.3 Å². The molecule has 24 heavy (non-hydrogen) atoms. The van der Waals surface area contributed by atoms with Gasteiger partial charge in [-0.2, -0.15) is 0 Å². The lowest BCUT2D eigenvalue weighted by molar-refractivity contribution is -0.177. The maximum atomic E-state index is 11.8. The van der Waals surface area contributed by atoms with Crippen molar-refractivity contribution in [2.24, 2.45) is 0 Å². The molecule has 0 saturated carbocycles. The van der Waals surface area contributed by atoms with E-state index in [-0.39, 0.29) is 11.9 Å². The lowest BCUT2D eigenvalue weighted by atomic mass is 9.87. The van der Waals surface area contributed by atoms with Crippen LogP contribution in [-0.4, -0.2) is 16.2 Å². The van der Waals surface area contributed by atoms with Gasteiger partial charge in [-0.25, -0.2) is 5.06 Å². The first-order chi connectivity index (χ1) is 11.7. The predicted molar refractivity (Wildman–Crippen MR) is 91.8 cm³/mol. The summed E-state index contributed by atoms with van der Waals surface area (Å²) in [5, 5.41) is 11.1. The number of hydrogen-bond donors (Lipinski definition) is 1. The van der Waals surface area contributed by atoms with Gasteiger partial charge in [0.2, 0.25) is 5.91 Å². The molecule has 0 saturated heterocycles. The number of ether oxygens (including phenoxy) is 1. The number of carbonyl (C=O) groups is 1. The van der Waals surface area contributed by atoms with E-state index in [1.165, 1.54) is 0 Å². The maximum absolute atomic E-state index is 11.8. The maximum Gasteiger partial charge on any atom is 0.246 e. The van der Waals surface area contributed by atoms with Crippen LogP contribution in [0.2, 0.25) is 0 Å². The molecule has 0 aliphatic heterocycles. The molecule has 0 aromatic heterocycles. The van der Waals surface area contributed by atoms with E-state index in [0.29, 0.717) is 13.0 Å². The van der Waals surface area contributed by atoms with E-state index in [0.717, 1.165) is 46.8 Å². The van der Waals surface area contributed by atoms with Gasteiger partial charge in [-0.3, -0.25) is 10.0 Å². The van der Waals surface area contributed by atoms with Crippen molar-refractivity contribution in [3.8, 4) is 5.75 Å². The number of amides is 1. The van der Waals surface area contributed by atoms with Crippen LogP contribution >= 0.6 is 0 Å². The normalized spacial score (nSPS) is 16.3. The van der Waals surface area contributed by atoms with E-state index in [1.807, 2.05) is 48.5 Å². The van der Waals surface area contributed by atoms with Gasteiger partial charge in [0, 0.05) is 6.42 Å². The van der Waals surface area contributed by atoms with E-state index in [2.05, 4.69) is 0 Å². The van der Waals surface area contributed by atoms with Crippen LogP contribution in [0.25, 0.3) is 0 Å². The summed E-state index contributed by atoms with van der Waals surface area (Å²) in [6.45, 7) is 2.29. The predicted octanol–water partition coefficient (Wildman–Crippen LogP) is 4.27. The summed E-state index contributed by atoms with van der Waals surface area (Å²) < 4.78 is 5.88. The van der Waals surface area contributed by atoms with Crippen molar-refractivity contribution in [3.63, 3.8) is 0 Å². The summed E-state index contributed by atoms with van der Waals surface area (Å²) in [5.41, 5.74) is 3.31. The molecule has 0 heterocycles. The number of benzene rings is 2. The number of nitrogens with zero attached hydrogens (tertiary/aromatic N) is 1. The number of aryl methyl sites for hydroxylation is 1. The molecule has 1 atom stereocenters. The Bertz CT molecular complexity index is 699. The van der Waals surface area contributed by atoms with E-state index in [1.54, 1.807) is 6.92 Å². The van der Waals surface area contributed by atoms with Crippen molar-refractivity contribution >= 4 is 5.91 Å². The number of rotatable bonds is 5. The van der Waals surface area contributed by atoms with E-state index >= 15 is 0 Å². The van der Waals surface area contributed by atoms with Crippen molar-refractivity contribution in [1.82, 2.24) is 5.06 Å². The Kier molecular flexibility index (Phi) is 5.16. The molecule has 3 rings (SSSR count). The van der Waals surface area contributed by atoms with Crippen molar-refractivity contribution in [2.45, 2.75) is 45.3 Å². The van der Waals surface area contributed by atoms with Gasteiger partial charge in [0.25, 0.3) is 0 Å². The third-order valence-corrected chi connectivity index (χ3v) is 4.50. The van der Waals surface area contributed by atoms with Crippen molar-refractivity contribution in [3.05, 3.63) is 65.2 Å². The Morgan fingerprint density at radius 1 is 1.25 bits per heavy atom. The highest BCUT2D eigenvalue weighted by Crippen LogP contribution is 2.35. The molecular weight excluding hydrogens is 302 g/mol. The summed E-state index contributed by atoms with van der Waals surface area (Å²) in [6.07, 6.45) is 3.00. The molecule has 126 valence electrons. The Morgan fingerprint density at radius 2 is 2.04 bits per heavy atom. The Balaban J connectivity index is 1.74. The van der Waals surface area contributed by atoms with Crippen LogP contribution in [0, 0.1) is 0 Å². The summed E-state index contributed by atoms with van der Waals surface area (Å²) in [6, 6.07) is 15.7. The lowest BCUT2D eigenvalue weighted by Crippen LogP contribution is -2.33. The van der Waals surface area contributed by atoms with Crippen LogP contribution in [0.3, 0.4) is 0 Å². The molecule has 4 heteroatoms. The van der Waals surface area contributed by atoms with Crippen LogP contribution in [0.5, 0.6) is 5.75 Å². The van der Waals surface area contributed by atoms with Crippen LogP contribution in [0.4, 0.5) is 0 Å². The fraction of sp³-hybridized carbons (Fsp3) is 0.350. The average Bonchev–Trinajstić information content (AvgIpc) is 2.65. The first-order valence-electron chi connectivity index (χ1n) is 8.49. The molecule has 1 aliphatic rings. The van der Waals surface area contributed by atoms with Crippen molar-refractivity contribution in [2.75, 3.05) is 0 Å². The monoisotopic (exact) mass is 325 g/mol. The Morgan fingerprint density at radius 3 is 2.79 bits per heavy atom. The van der Waals surface area contributed by atoms with Gasteiger partial charge >= 0.3 is 0 Å². The molecule has 0 radical (unpaired) electrons. The highest BCUT2D eigenvalue weighted by Gasteiger charge is 2.28. The molecule has 1 aliphatic carbocycles. The molecule has 4 nitrogen and oxygen atoms in total. The fourth-order valence-electron chi connectivity index (χ4n) is 3.19. The van der Waals surface area contributed by atoms with Crippen molar-refractivity contribution < 1.29 is 14.7 Å². The van der Waals surface area contributed by atoms with Crippen LogP contribution < -0.4 is 4.74 Å². The Labute approximate surface area is 142 Å². The minimum absolute atomic E-state index is 0.239. The van der Waals surface area contributed by atoms with Gasteiger partial charge < -0.3 is 4.74 Å². The minimum Gasteiger partial charge on any atom is -0.489 e. The quantitative estimate of drug-likeness (QED) is 0.660. The number of hydrogen-bond acceptors (Lipinski definition) is 3. The zero-order chi connectivity index (χ0) is 16.9. The molecule has 1 N–H and O–H groups in total. The highest BCUT2D eigenvalue weighted by molar-refractivity contribution is 5.75. The second kappa shape index (κ2) is 7.49. The van der Waals surface area contributed by atoms with Crippen molar-refractivity contribution in [1.29, 1.82) is 0 Å². The van der Waals surface area contributed by atoms with E-state index in [4.69, 9.17) is 4.74 Å². The molecule has 2 aromatic carbocycles. The SMILES string of the molecule is CCC(=O)N(O)C1CCCc2cc(OCc3ccccc3)ccc21. The van der Waals surface area contributed by atoms with Crippen LogP contribution in [0.15, 0.2) is 48.5 Å². The zero-order valence-corrected chi connectivity index (χ0v) is 13.9. The second-order valence-electron chi connectivity index (χ2n) is 6.13. The van der Waals surface area contributed by atoms with Gasteiger partial charge in [-0.15, -0.1) is 0 Å². The largest absolute Gasteiger partial charge is 0.489 e. The molecular formula is C20H23NO3. The Hall–Kier alpha value is -2.33. The average molecular weight is 325 g/mol. The second-order valence-corrected chi connectivity index (χ2v) is 6.13. The number of hydroxylamine groups is 2. The summed E-state index contributed by atoms with van der Waals surface area (Å²) in [4.78, 5) is 11.8. The lowest BCUT2D eigenvalue weighted by Gasteiger charge is -2.31. The molecule has 0 bridgehead atoms. The van der Waals surface area contributed by atoms with E-state index in [9.17, 15) is 10.0 Å². The molecule has 0 spiro atoms. The first kappa shape index (κ1) is 16.5. The smallest absolute Gasteiger partial charge is 0.246 e. The fourth-order valence-corrected chi connectivity index (χ4v) is 3.19.